The van der Waals surface area contributed by atoms with E-state index in [1.165, 1.54) is 6.07 Å². The van der Waals surface area contributed by atoms with Crippen LogP contribution in [-0.4, -0.2) is 25.0 Å². The Labute approximate surface area is 143 Å². The first-order chi connectivity index (χ1) is 11.3. The van der Waals surface area contributed by atoms with Crippen LogP contribution in [0.5, 0.6) is 0 Å². The Morgan fingerprint density at radius 2 is 1.79 bits per heavy atom. The van der Waals surface area contributed by atoms with Crippen molar-refractivity contribution in [1.82, 2.24) is 25.0 Å². The SMILES string of the molecule is Fc1ccccc1Cn1cnc2c(-[n+]3ccccc3)nnnc21.[Cl-]. The van der Waals surface area contributed by atoms with Gasteiger partial charge in [0.2, 0.25) is 5.52 Å². The minimum Gasteiger partial charge on any atom is -1.00 e. The number of fused-ring (bicyclic) bond motifs is 1. The van der Waals surface area contributed by atoms with Crippen LogP contribution in [0.3, 0.4) is 0 Å². The Kier molecular flexibility index (Phi) is 4.43. The summed E-state index contributed by atoms with van der Waals surface area (Å²) in [6.07, 6.45) is 5.35. The smallest absolute Gasteiger partial charge is 0.386 e. The quantitative estimate of drug-likeness (QED) is 0.434. The van der Waals surface area contributed by atoms with Crippen LogP contribution in [-0.2, 0) is 6.54 Å². The second kappa shape index (κ2) is 6.67. The van der Waals surface area contributed by atoms with Crippen LogP contribution >= 0.6 is 0 Å². The first-order valence-corrected chi connectivity index (χ1v) is 7.07. The van der Waals surface area contributed by atoms with Gasteiger partial charge in [-0.3, -0.25) is 0 Å². The number of imidazole rings is 1. The number of halogens is 2. The predicted octanol–water partition coefficient (Wildman–Crippen LogP) is -1.31. The van der Waals surface area contributed by atoms with Gasteiger partial charge in [-0.2, -0.15) is 4.57 Å². The fourth-order valence-electron chi connectivity index (χ4n) is 2.43. The highest BCUT2D eigenvalue weighted by molar-refractivity contribution is 5.75. The highest BCUT2D eigenvalue weighted by Crippen LogP contribution is 2.15. The molecule has 3 aromatic heterocycles. The highest BCUT2D eigenvalue weighted by Gasteiger charge is 2.20. The molecule has 0 aliphatic heterocycles. The van der Waals surface area contributed by atoms with Gasteiger partial charge in [-0.15, -0.1) is 0 Å². The molecule has 0 aliphatic rings. The lowest BCUT2D eigenvalue weighted by Crippen LogP contribution is -3.00. The van der Waals surface area contributed by atoms with Gasteiger partial charge in [-0.05, 0) is 18.2 Å². The molecule has 0 saturated carbocycles. The fraction of sp³-hybridized carbons (Fsp3) is 0.0625. The molecular formula is C16H12ClFN6. The predicted molar refractivity (Wildman–Crippen MR) is 80.2 cm³/mol. The molecule has 4 aromatic rings. The number of hydrogen-bond donors (Lipinski definition) is 0. The van der Waals surface area contributed by atoms with Crippen LogP contribution in [0.1, 0.15) is 5.56 Å². The Bertz CT molecular complexity index is 973. The third-order valence-corrected chi connectivity index (χ3v) is 3.56. The van der Waals surface area contributed by atoms with Crippen molar-refractivity contribution in [2.45, 2.75) is 6.54 Å². The van der Waals surface area contributed by atoms with E-state index in [1.807, 2.05) is 35.2 Å². The third-order valence-electron chi connectivity index (χ3n) is 3.56. The standard InChI is InChI=1S/C16H12FN6.ClH/c17-13-7-3-2-6-12(13)10-23-11-18-14-15(19-21-20-16(14)23)22-8-4-1-5-9-22;/h1-9,11H,10H2;1H/q+1;/p-1. The number of benzene rings is 1. The molecule has 0 radical (unpaired) electrons. The number of rotatable bonds is 3. The van der Waals surface area contributed by atoms with Gasteiger partial charge in [0, 0.05) is 5.56 Å². The van der Waals surface area contributed by atoms with E-state index in [1.54, 1.807) is 29.1 Å². The van der Waals surface area contributed by atoms with Crippen molar-refractivity contribution >= 4 is 11.2 Å². The van der Waals surface area contributed by atoms with Crippen LogP contribution < -0.4 is 17.0 Å². The van der Waals surface area contributed by atoms with Crippen molar-refractivity contribution in [2.24, 2.45) is 0 Å². The molecular weight excluding hydrogens is 331 g/mol. The molecule has 4 rings (SSSR count). The zero-order chi connectivity index (χ0) is 15.6. The summed E-state index contributed by atoms with van der Waals surface area (Å²) in [6.45, 7) is 0.334. The minimum atomic E-state index is -0.256. The number of aromatic nitrogens is 6. The van der Waals surface area contributed by atoms with Crippen LogP contribution in [0, 0.1) is 5.82 Å². The number of nitrogens with zero attached hydrogens (tertiary/aromatic N) is 6. The number of hydrogen-bond acceptors (Lipinski definition) is 4. The summed E-state index contributed by atoms with van der Waals surface area (Å²) in [5, 5.41) is 11.9. The van der Waals surface area contributed by atoms with E-state index in [0.717, 1.165) is 0 Å². The maximum Gasteiger partial charge on any atom is 0.386 e. The molecule has 0 N–H and O–H groups in total. The van der Waals surface area contributed by atoms with E-state index in [-0.39, 0.29) is 18.2 Å². The van der Waals surface area contributed by atoms with E-state index in [4.69, 9.17) is 0 Å². The molecule has 0 spiro atoms. The summed E-state index contributed by atoms with van der Waals surface area (Å²) < 4.78 is 17.4. The first-order valence-electron chi connectivity index (χ1n) is 7.07. The Balaban J connectivity index is 0.00000169. The molecule has 0 fully saturated rings. The largest absolute Gasteiger partial charge is 1.00 e. The molecule has 0 saturated heterocycles. The van der Waals surface area contributed by atoms with Crippen LogP contribution in [0.15, 0.2) is 61.2 Å². The summed E-state index contributed by atoms with van der Waals surface area (Å²) in [5.41, 5.74) is 1.75. The average Bonchev–Trinajstić information content (AvgIpc) is 3.01. The molecule has 1 aromatic carbocycles. The molecule has 0 amide bonds. The Morgan fingerprint density at radius 1 is 1.00 bits per heavy atom. The first kappa shape index (κ1) is 15.9. The molecule has 8 heteroatoms. The molecule has 3 heterocycles. The van der Waals surface area contributed by atoms with Crippen molar-refractivity contribution in [1.29, 1.82) is 0 Å². The van der Waals surface area contributed by atoms with Crippen LogP contribution in [0.25, 0.3) is 17.0 Å². The topological polar surface area (TPSA) is 60.4 Å². The molecule has 120 valence electrons. The van der Waals surface area contributed by atoms with E-state index in [2.05, 4.69) is 20.4 Å². The van der Waals surface area contributed by atoms with Crippen molar-refractivity contribution < 1.29 is 21.4 Å². The van der Waals surface area contributed by atoms with Gasteiger partial charge in [-0.25, -0.2) is 9.37 Å². The lowest BCUT2D eigenvalue weighted by atomic mass is 10.2. The van der Waals surface area contributed by atoms with Gasteiger partial charge in [0.15, 0.2) is 5.65 Å². The molecule has 24 heavy (non-hydrogen) atoms. The lowest BCUT2D eigenvalue weighted by Gasteiger charge is -2.04. The maximum absolute atomic E-state index is 13.8. The summed E-state index contributed by atoms with van der Waals surface area (Å²) in [5.74, 6) is 0.330. The van der Waals surface area contributed by atoms with Gasteiger partial charge in [-0.1, -0.05) is 29.4 Å². The molecule has 6 nitrogen and oxygen atoms in total. The average molecular weight is 343 g/mol. The third kappa shape index (κ3) is 2.81. The van der Waals surface area contributed by atoms with Crippen molar-refractivity contribution in [3.8, 4) is 5.82 Å². The van der Waals surface area contributed by atoms with E-state index < -0.39 is 0 Å². The van der Waals surface area contributed by atoms with Crippen LogP contribution in [0.4, 0.5) is 4.39 Å². The summed E-state index contributed by atoms with van der Waals surface area (Å²) in [4.78, 5) is 4.38. The normalized spacial score (nSPS) is 10.5. The molecule has 0 unspecified atom stereocenters. The molecule has 0 bridgehead atoms. The maximum atomic E-state index is 13.8. The minimum absolute atomic E-state index is 0. The van der Waals surface area contributed by atoms with E-state index in [9.17, 15) is 4.39 Å². The summed E-state index contributed by atoms with van der Waals surface area (Å²) >= 11 is 0. The highest BCUT2D eigenvalue weighted by atomic mass is 35.5. The summed E-state index contributed by atoms with van der Waals surface area (Å²) in [7, 11) is 0. The monoisotopic (exact) mass is 342 g/mol. The van der Waals surface area contributed by atoms with E-state index in [0.29, 0.717) is 29.1 Å². The Morgan fingerprint density at radius 3 is 2.58 bits per heavy atom. The summed E-state index contributed by atoms with van der Waals surface area (Å²) in [6, 6.07) is 12.3. The Hall–Kier alpha value is -2.93. The van der Waals surface area contributed by atoms with Gasteiger partial charge >= 0.3 is 5.82 Å². The van der Waals surface area contributed by atoms with Crippen LogP contribution in [0.2, 0.25) is 0 Å². The molecule has 0 aliphatic carbocycles. The zero-order valence-electron chi connectivity index (χ0n) is 12.4. The van der Waals surface area contributed by atoms with E-state index >= 15 is 0 Å². The van der Waals surface area contributed by atoms with Gasteiger partial charge in [0.25, 0.3) is 0 Å². The second-order valence-electron chi connectivity index (χ2n) is 5.03. The lowest BCUT2D eigenvalue weighted by molar-refractivity contribution is -0.598. The molecule has 0 atom stereocenters. The fourth-order valence-corrected chi connectivity index (χ4v) is 2.43. The van der Waals surface area contributed by atoms with Gasteiger partial charge in [0.1, 0.15) is 10.9 Å². The van der Waals surface area contributed by atoms with Crippen molar-refractivity contribution in [3.05, 3.63) is 72.6 Å². The zero-order valence-corrected chi connectivity index (χ0v) is 13.2. The van der Waals surface area contributed by atoms with Crippen molar-refractivity contribution in [2.75, 3.05) is 0 Å². The second-order valence-corrected chi connectivity index (χ2v) is 5.03. The number of pyridine rings is 1. The van der Waals surface area contributed by atoms with Gasteiger partial charge < -0.3 is 17.0 Å². The van der Waals surface area contributed by atoms with Crippen molar-refractivity contribution in [3.63, 3.8) is 0 Å². The van der Waals surface area contributed by atoms with Gasteiger partial charge in [0.05, 0.1) is 30.5 Å².